The number of halogens is 4. The van der Waals surface area contributed by atoms with E-state index in [2.05, 4.69) is 14.7 Å². The highest BCUT2D eigenvalue weighted by molar-refractivity contribution is 6.65. The third-order valence-corrected chi connectivity index (χ3v) is 3.69. The number of carbonyl (C=O) groups excluding carboxylic acids is 2. The van der Waals surface area contributed by atoms with Crippen LogP contribution in [0.25, 0.3) is 0 Å². The Bertz CT molecular complexity index is 694. The van der Waals surface area contributed by atoms with Crippen molar-refractivity contribution in [2.45, 2.75) is 25.1 Å². The number of amides is 1. The lowest BCUT2D eigenvalue weighted by Gasteiger charge is -2.28. The van der Waals surface area contributed by atoms with Crippen molar-refractivity contribution in [2.75, 3.05) is 19.1 Å². The molecule has 0 saturated heterocycles. The molecule has 0 aliphatic heterocycles. The normalized spacial score (nSPS) is 14.4. The molecule has 26 heavy (non-hydrogen) atoms. The van der Waals surface area contributed by atoms with Crippen LogP contribution < -0.4 is 4.90 Å². The van der Waals surface area contributed by atoms with Crippen molar-refractivity contribution in [3.8, 4) is 0 Å². The molecule has 0 bridgehead atoms. The van der Waals surface area contributed by atoms with Gasteiger partial charge in [-0.3, -0.25) is 9.74 Å². The van der Waals surface area contributed by atoms with Crippen molar-refractivity contribution in [1.29, 1.82) is 0 Å². The van der Waals surface area contributed by atoms with Gasteiger partial charge in [0.15, 0.2) is 0 Å². The fraction of sp³-hybridized carbons (Fsp3) is 0.400. The van der Waals surface area contributed by atoms with Crippen molar-refractivity contribution in [1.82, 2.24) is 0 Å². The second-order valence-corrected chi connectivity index (χ2v) is 5.42. The van der Waals surface area contributed by atoms with Gasteiger partial charge in [-0.25, -0.2) is 9.59 Å². The van der Waals surface area contributed by atoms with E-state index in [0.717, 1.165) is 36.3 Å². The fourth-order valence-electron chi connectivity index (χ4n) is 1.79. The van der Waals surface area contributed by atoms with Gasteiger partial charge >= 0.3 is 18.2 Å². The molecule has 0 radical (unpaired) electrons. The zero-order valence-corrected chi connectivity index (χ0v) is 14.8. The van der Waals surface area contributed by atoms with Crippen molar-refractivity contribution >= 4 is 34.5 Å². The van der Waals surface area contributed by atoms with Crippen molar-refractivity contribution < 1.29 is 37.4 Å². The van der Waals surface area contributed by atoms with Crippen LogP contribution in [0.3, 0.4) is 0 Å². The largest absolute Gasteiger partial charge is 0.466 e. The number of methoxy groups -OCH3 is 1. The molecular weight excluding hydrogens is 381 g/mol. The number of carbonyl (C=O) groups is 2. The number of rotatable bonds is 5. The smallest absolute Gasteiger partial charge is 0.440 e. The zero-order chi connectivity index (χ0) is 20.1. The maximum Gasteiger partial charge on any atom is 0.440 e. The van der Waals surface area contributed by atoms with Gasteiger partial charge in [-0.05, 0) is 12.1 Å². The topological polar surface area (TPSA) is 88.4 Å². The lowest BCUT2D eigenvalue weighted by molar-refractivity contribution is -0.266. The summed E-state index contributed by atoms with van der Waals surface area (Å²) in [5.74, 6) is -1.88. The van der Waals surface area contributed by atoms with Crippen molar-refractivity contribution in [3.63, 3.8) is 0 Å². The standard InChI is InChI=1S/C15H16ClF3N2O5/c1-4-11(16)20-26-13(23)21(2)10-7-5-9(6-8-10)14(24,12(22)25-3)15(17,18)19/h5-8,24H,4H2,1-3H3/b20-11+. The first kappa shape index (κ1) is 21.7. The van der Waals surface area contributed by atoms with E-state index in [0.29, 0.717) is 6.42 Å². The lowest BCUT2D eigenvalue weighted by Crippen LogP contribution is -2.49. The van der Waals surface area contributed by atoms with E-state index in [4.69, 9.17) is 11.6 Å². The maximum atomic E-state index is 13.2. The third-order valence-electron chi connectivity index (χ3n) is 3.35. The maximum absolute atomic E-state index is 13.2. The van der Waals surface area contributed by atoms with Crippen molar-refractivity contribution in [2.24, 2.45) is 5.16 Å². The van der Waals surface area contributed by atoms with E-state index in [1.807, 2.05) is 0 Å². The van der Waals surface area contributed by atoms with Crippen LogP contribution >= 0.6 is 11.6 Å². The Balaban J connectivity index is 3.10. The van der Waals surface area contributed by atoms with Crippen LogP contribution in [0.1, 0.15) is 18.9 Å². The summed E-state index contributed by atoms with van der Waals surface area (Å²) in [6.07, 6.45) is -5.90. The first-order chi connectivity index (χ1) is 12.0. The molecule has 0 fully saturated rings. The van der Waals surface area contributed by atoms with Gasteiger partial charge in [-0.15, -0.1) is 0 Å². The van der Waals surface area contributed by atoms with E-state index in [1.54, 1.807) is 6.92 Å². The summed E-state index contributed by atoms with van der Waals surface area (Å²) in [4.78, 5) is 28.8. The minimum absolute atomic E-state index is 0.0513. The van der Waals surface area contributed by atoms with Gasteiger partial charge in [0, 0.05) is 24.7 Å². The number of hydrogen-bond acceptors (Lipinski definition) is 6. The number of hydrogen-bond donors (Lipinski definition) is 1. The zero-order valence-electron chi connectivity index (χ0n) is 14.0. The number of aliphatic hydroxyl groups is 1. The van der Waals surface area contributed by atoms with E-state index in [9.17, 15) is 27.9 Å². The monoisotopic (exact) mass is 396 g/mol. The number of oxime groups is 1. The predicted molar refractivity (Wildman–Crippen MR) is 86.9 cm³/mol. The second-order valence-electron chi connectivity index (χ2n) is 4.98. The first-order valence-corrected chi connectivity index (χ1v) is 7.51. The van der Waals surface area contributed by atoms with Crippen LogP contribution in [-0.2, 0) is 20.0 Å². The summed E-state index contributed by atoms with van der Waals surface area (Å²) >= 11 is 5.59. The van der Waals surface area contributed by atoms with E-state index in [-0.39, 0.29) is 10.9 Å². The molecule has 0 spiro atoms. The lowest BCUT2D eigenvalue weighted by atomic mass is 9.93. The van der Waals surface area contributed by atoms with Gasteiger partial charge in [0.25, 0.3) is 5.60 Å². The molecule has 11 heteroatoms. The van der Waals surface area contributed by atoms with Gasteiger partial charge < -0.3 is 9.84 Å². The SMILES string of the molecule is CC/C(Cl)=N\OC(=O)N(C)c1ccc(C(O)(C(=O)OC)C(F)(F)F)cc1. The molecular formula is C15H16ClF3N2O5. The molecule has 1 rings (SSSR count). The molecule has 1 aromatic carbocycles. The van der Waals surface area contributed by atoms with E-state index in [1.165, 1.54) is 7.05 Å². The summed E-state index contributed by atoms with van der Waals surface area (Å²) in [5.41, 5.74) is -4.48. The summed E-state index contributed by atoms with van der Waals surface area (Å²) in [7, 11) is 2.00. The molecule has 7 nitrogen and oxygen atoms in total. The second kappa shape index (κ2) is 8.37. The van der Waals surface area contributed by atoms with Crippen LogP contribution in [0.5, 0.6) is 0 Å². The minimum Gasteiger partial charge on any atom is -0.466 e. The molecule has 1 N–H and O–H groups in total. The van der Waals surface area contributed by atoms with Gasteiger partial charge in [0.05, 0.1) is 7.11 Å². The summed E-state index contributed by atoms with van der Waals surface area (Å²) < 4.78 is 43.5. The molecule has 0 aliphatic rings. The molecule has 0 aromatic heterocycles. The Kier molecular flexibility index (Phi) is 6.99. The Hall–Kier alpha value is -2.33. The van der Waals surface area contributed by atoms with Crippen LogP contribution in [0.4, 0.5) is 23.7 Å². The average Bonchev–Trinajstić information content (AvgIpc) is 2.62. The average molecular weight is 397 g/mol. The van der Waals surface area contributed by atoms with Gasteiger partial charge in [0.1, 0.15) is 5.17 Å². The highest BCUT2D eigenvalue weighted by Crippen LogP contribution is 2.40. The highest BCUT2D eigenvalue weighted by atomic mass is 35.5. The fourth-order valence-corrected chi connectivity index (χ4v) is 1.83. The van der Waals surface area contributed by atoms with Gasteiger partial charge in [0.2, 0.25) is 0 Å². The molecule has 0 aliphatic carbocycles. The Morgan fingerprint density at radius 2 is 1.81 bits per heavy atom. The van der Waals surface area contributed by atoms with Crippen LogP contribution in [0.15, 0.2) is 29.4 Å². The van der Waals surface area contributed by atoms with Crippen LogP contribution in [-0.4, -0.2) is 42.7 Å². The summed E-state index contributed by atoms with van der Waals surface area (Å²) in [6, 6.07) is 3.85. The minimum atomic E-state index is -5.31. The highest BCUT2D eigenvalue weighted by Gasteiger charge is 2.62. The number of anilines is 1. The number of esters is 1. The Morgan fingerprint density at radius 3 is 2.23 bits per heavy atom. The molecule has 1 amide bonds. The summed E-state index contributed by atoms with van der Waals surface area (Å²) in [5, 5.41) is 13.3. The number of alkyl halides is 3. The quantitative estimate of drug-likeness (QED) is 0.357. The van der Waals surface area contributed by atoms with Crippen LogP contribution in [0, 0.1) is 0 Å². The Morgan fingerprint density at radius 1 is 1.27 bits per heavy atom. The molecule has 1 unspecified atom stereocenters. The number of nitrogens with zero attached hydrogens (tertiary/aromatic N) is 2. The number of ether oxygens (including phenoxy) is 1. The van der Waals surface area contributed by atoms with Crippen molar-refractivity contribution in [3.05, 3.63) is 29.8 Å². The molecule has 0 heterocycles. The predicted octanol–water partition coefficient (Wildman–Crippen LogP) is 3.14. The number of benzene rings is 1. The molecule has 1 aromatic rings. The van der Waals surface area contributed by atoms with Gasteiger partial charge in [-0.2, -0.15) is 13.2 Å². The molecule has 1 atom stereocenters. The molecule has 0 saturated carbocycles. The van der Waals surface area contributed by atoms with E-state index >= 15 is 0 Å². The van der Waals surface area contributed by atoms with Gasteiger partial charge in [-0.1, -0.05) is 35.8 Å². The van der Waals surface area contributed by atoms with Crippen LogP contribution in [0.2, 0.25) is 0 Å². The molecule has 144 valence electrons. The first-order valence-electron chi connectivity index (χ1n) is 7.14. The summed E-state index contributed by atoms with van der Waals surface area (Å²) in [6.45, 7) is 1.69. The third kappa shape index (κ3) is 4.44. The van der Waals surface area contributed by atoms with E-state index < -0.39 is 29.4 Å². The Labute approximate surface area is 151 Å².